The topological polar surface area (TPSA) is 74.8 Å². The minimum Gasteiger partial charge on any atom is -0.397 e. The highest BCUT2D eigenvalue weighted by molar-refractivity contribution is 6.36. The Bertz CT molecular complexity index is 481. The Labute approximate surface area is 96.6 Å². The normalized spacial score (nSPS) is 8.67. The highest BCUT2D eigenvalue weighted by atomic mass is 35.5. The van der Waals surface area contributed by atoms with Gasteiger partial charge in [-0.1, -0.05) is 40.2 Å². The van der Waals surface area contributed by atoms with Crippen molar-refractivity contribution in [1.29, 1.82) is 0 Å². The third kappa shape index (κ3) is 3.26. The number of nitrogens with zero attached hydrogens (tertiary/aromatic N) is 3. The van der Waals surface area contributed by atoms with Gasteiger partial charge in [0.25, 0.3) is 0 Å². The van der Waals surface area contributed by atoms with E-state index >= 15 is 0 Å². The van der Waals surface area contributed by atoms with E-state index in [4.69, 9.17) is 34.5 Å². The molecule has 0 saturated carbocycles. The molecule has 4 nitrogen and oxygen atoms in total. The van der Waals surface area contributed by atoms with Gasteiger partial charge in [0.15, 0.2) is 0 Å². The van der Waals surface area contributed by atoms with Crippen molar-refractivity contribution in [3.05, 3.63) is 38.2 Å². The van der Waals surface area contributed by atoms with Crippen LogP contribution < -0.4 is 5.73 Å². The number of benzene rings is 1. The Kier molecular flexibility index (Phi) is 4.14. The first-order valence-electron chi connectivity index (χ1n) is 3.89. The van der Waals surface area contributed by atoms with Crippen LogP contribution in [0.3, 0.4) is 0 Å². The highest BCUT2D eigenvalue weighted by Gasteiger charge is 2.02. The number of hydrogen-bond donors (Lipinski definition) is 1. The van der Waals surface area contributed by atoms with Crippen molar-refractivity contribution in [1.82, 2.24) is 0 Å². The Morgan fingerprint density at radius 1 is 1.47 bits per heavy atom. The minimum absolute atomic E-state index is 0.0834. The molecule has 0 aliphatic heterocycles. The van der Waals surface area contributed by atoms with Crippen LogP contribution >= 0.6 is 23.2 Å². The molecule has 76 valence electrons. The van der Waals surface area contributed by atoms with Crippen LogP contribution in [0.1, 0.15) is 5.56 Å². The molecule has 1 aromatic carbocycles. The van der Waals surface area contributed by atoms with E-state index in [1.807, 2.05) is 0 Å². The van der Waals surface area contributed by atoms with Gasteiger partial charge in [0.05, 0.1) is 22.8 Å². The van der Waals surface area contributed by atoms with Crippen LogP contribution in [0.25, 0.3) is 10.4 Å². The Morgan fingerprint density at radius 2 is 2.20 bits per heavy atom. The van der Waals surface area contributed by atoms with E-state index in [1.165, 1.54) is 6.07 Å². The van der Waals surface area contributed by atoms with Crippen LogP contribution in [-0.4, -0.2) is 6.54 Å². The summed E-state index contributed by atoms with van der Waals surface area (Å²) in [5.41, 5.74) is 14.6. The molecule has 0 radical (unpaired) electrons. The summed E-state index contributed by atoms with van der Waals surface area (Å²) >= 11 is 11.6. The Balaban J connectivity index is 3.02. The Morgan fingerprint density at radius 3 is 2.87 bits per heavy atom. The molecule has 0 saturated heterocycles. The summed E-state index contributed by atoms with van der Waals surface area (Å²) < 4.78 is 0. The molecule has 2 N–H and O–H groups in total. The fourth-order valence-corrected chi connectivity index (χ4v) is 1.38. The number of nitrogen functional groups attached to an aromatic ring is 1. The van der Waals surface area contributed by atoms with Crippen LogP contribution in [0.5, 0.6) is 0 Å². The van der Waals surface area contributed by atoms with Crippen molar-refractivity contribution in [2.24, 2.45) is 5.11 Å². The van der Waals surface area contributed by atoms with Crippen LogP contribution in [0, 0.1) is 11.8 Å². The molecule has 15 heavy (non-hydrogen) atoms. The summed E-state index contributed by atoms with van der Waals surface area (Å²) in [4.78, 5) is 2.56. The van der Waals surface area contributed by atoms with E-state index in [1.54, 1.807) is 6.07 Å². The van der Waals surface area contributed by atoms with Gasteiger partial charge in [0.2, 0.25) is 0 Å². The first-order valence-corrected chi connectivity index (χ1v) is 4.65. The average molecular weight is 241 g/mol. The molecule has 0 spiro atoms. The fourth-order valence-electron chi connectivity index (χ4n) is 0.890. The van der Waals surface area contributed by atoms with Crippen molar-refractivity contribution in [2.45, 2.75) is 0 Å². The molecule has 1 rings (SSSR count). The lowest BCUT2D eigenvalue weighted by Crippen LogP contribution is -1.91. The second-order valence-electron chi connectivity index (χ2n) is 2.54. The molecular formula is C9H6Cl2N4. The molecule has 0 unspecified atom stereocenters. The van der Waals surface area contributed by atoms with Crippen molar-refractivity contribution >= 4 is 28.9 Å². The van der Waals surface area contributed by atoms with Crippen molar-refractivity contribution in [2.75, 3.05) is 12.3 Å². The lowest BCUT2D eigenvalue weighted by atomic mass is 10.2. The van der Waals surface area contributed by atoms with Crippen molar-refractivity contribution in [3.8, 4) is 11.8 Å². The summed E-state index contributed by atoms with van der Waals surface area (Å²) in [5, 5.41) is 4.08. The summed E-state index contributed by atoms with van der Waals surface area (Å²) in [6, 6.07) is 3.14. The maximum atomic E-state index is 8.03. The number of azide groups is 1. The highest BCUT2D eigenvalue weighted by Crippen LogP contribution is 2.26. The number of halogens is 2. The summed E-state index contributed by atoms with van der Waals surface area (Å²) in [5.74, 6) is 5.35. The number of hydrogen-bond acceptors (Lipinski definition) is 2. The van der Waals surface area contributed by atoms with Crippen molar-refractivity contribution in [3.63, 3.8) is 0 Å². The molecule has 0 aliphatic carbocycles. The zero-order valence-electron chi connectivity index (χ0n) is 7.54. The summed E-state index contributed by atoms with van der Waals surface area (Å²) in [7, 11) is 0. The predicted molar refractivity (Wildman–Crippen MR) is 61.8 cm³/mol. The van der Waals surface area contributed by atoms with Gasteiger partial charge in [0.1, 0.15) is 0 Å². The molecule has 0 aromatic heterocycles. The quantitative estimate of drug-likeness (QED) is 0.264. The van der Waals surface area contributed by atoms with Gasteiger partial charge in [-0.3, -0.25) is 0 Å². The zero-order valence-corrected chi connectivity index (χ0v) is 9.05. The first kappa shape index (κ1) is 11.5. The molecule has 0 amide bonds. The van der Waals surface area contributed by atoms with E-state index in [-0.39, 0.29) is 6.54 Å². The van der Waals surface area contributed by atoms with E-state index in [2.05, 4.69) is 21.9 Å². The maximum absolute atomic E-state index is 8.03. The largest absolute Gasteiger partial charge is 0.397 e. The van der Waals surface area contributed by atoms with Gasteiger partial charge in [-0.25, -0.2) is 0 Å². The third-order valence-electron chi connectivity index (χ3n) is 1.53. The van der Waals surface area contributed by atoms with Crippen LogP contribution in [0.2, 0.25) is 10.0 Å². The standard InChI is InChI=1S/C9H6Cl2N4/c10-7-4-6(2-1-3-14-15-13)9(12)8(11)5-7/h4-5H,3,12H2. The zero-order chi connectivity index (χ0) is 11.3. The minimum atomic E-state index is 0.0834. The van der Waals surface area contributed by atoms with Gasteiger partial charge in [-0.2, -0.15) is 0 Å². The molecule has 0 bridgehead atoms. The second-order valence-corrected chi connectivity index (χ2v) is 3.38. The molecule has 0 atom stereocenters. The maximum Gasteiger partial charge on any atom is 0.0880 e. The Hall–Kier alpha value is -1.53. The molecular weight excluding hydrogens is 235 g/mol. The van der Waals surface area contributed by atoms with E-state index in [0.29, 0.717) is 21.3 Å². The van der Waals surface area contributed by atoms with Gasteiger partial charge < -0.3 is 5.73 Å². The molecule has 6 heteroatoms. The van der Waals surface area contributed by atoms with Crippen molar-refractivity contribution < 1.29 is 0 Å². The molecule has 0 heterocycles. The van der Waals surface area contributed by atoms with Crippen LogP contribution in [0.15, 0.2) is 17.2 Å². The number of rotatable bonds is 1. The fraction of sp³-hybridized carbons (Fsp3) is 0.111. The van der Waals surface area contributed by atoms with Gasteiger partial charge >= 0.3 is 0 Å². The monoisotopic (exact) mass is 240 g/mol. The smallest absolute Gasteiger partial charge is 0.0880 e. The van der Waals surface area contributed by atoms with E-state index in [9.17, 15) is 0 Å². The van der Waals surface area contributed by atoms with Gasteiger partial charge in [-0.15, -0.1) is 0 Å². The molecule has 1 aromatic rings. The SMILES string of the molecule is [N-]=[N+]=NCC#Cc1cc(Cl)cc(Cl)c1N. The predicted octanol–water partition coefficient (Wildman–Crippen LogP) is 3.24. The van der Waals surface area contributed by atoms with Crippen LogP contribution in [0.4, 0.5) is 5.69 Å². The summed E-state index contributed by atoms with van der Waals surface area (Å²) in [6.07, 6.45) is 0. The number of anilines is 1. The second kappa shape index (κ2) is 5.38. The molecule has 0 aliphatic rings. The average Bonchev–Trinajstić information content (AvgIpc) is 2.19. The summed E-state index contributed by atoms with van der Waals surface area (Å²) in [6.45, 7) is 0.0834. The lowest BCUT2D eigenvalue weighted by Gasteiger charge is -2.01. The first-order chi connectivity index (χ1) is 7.15. The van der Waals surface area contributed by atoms with Crippen LogP contribution in [-0.2, 0) is 0 Å². The van der Waals surface area contributed by atoms with Gasteiger partial charge in [0, 0.05) is 9.93 Å². The lowest BCUT2D eigenvalue weighted by molar-refractivity contribution is 1.25. The molecule has 0 fully saturated rings. The van der Waals surface area contributed by atoms with Gasteiger partial charge in [-0.05, 0) is 17.7 Å². The van der Waals surface area contributed by atoms with E-state index in [0.717, 1.165) is 0 Å². The van der Waals surface area contributed by atoms with E-state index < -0.39 is 0 Å². The number of nitrogens with two attached hydrogens (primary N) is 1. The third-order valence-corrected chi connectivity index (χ3v) is 2.06.